The molecule has 0 aromatic heterocycles. The predicted molar refractivity (Wildman–Crippen MR) is 103 cm³/mol. The Labute approximate surface area is 154 Å². The molecule has 0 bridgehead atoms. The lowest BCUT2D eigenvalue weighted by atomic mass is 10.0. The normalized spacial score (nSPS) is 16.7. The van der Waals surface area contributed by atoms with Crippen molar-refractivity contribution < 1.29 is 9.53 Å². The van der Waals surface area contributed by atoms with E-state index in [1.54, 1.807) is 4.90 Å². The highest BCUT2D eigenvalue weighted by molar-refractivity contribution is 7.80. The van der Waals surface area contributed by atoms with Crippen molar-refractivity contribution in [2.45, 2.75) is 38.1 Å². The van der Waals surface area contributed by atoms with Crippen molar-refractivity contribution in [1.82, 2.24) is 4.90 Å². The fourth-order valence-corrected chi connectivity index (χ4v) is 3.49. The fourth-order valence-electron chi connectivity index (χ4n) is 3.17. The van der Waals surface area contributed by atoms with Gasteiger partial charge < -0.3 is 4.74 Å². The Morgan fingerprint density at radius 1 is 1.00 bits per heavy atom. The Morgan fingerprint density at radius 2 is 1.64 bits per heavy atom. The summed E-state index contributed by atoms with van der Waals surface area (Å²) < 4.78 is 5.48. The van der Waals surface area contributed by atoms with Crippen molar-refractivity contribution in [3.8, 4) is 0 Å². The summed E-state index contributed by atoms with van der Waals surface area (Å²) in [5.74, 6) is 0.0801. The number of amides is 1. The molecule has 3 rings (SSSR count). The van der Waals surface area contributed by atoms with Gasteiger partial charge in [0.2, 0.25) is 5.91 Å². The van der Waals surface area contributed by atoms with E-state index in [1.807, 2.05) is 24.3 Å². The van der Waals surface area contributed by atoms with Crippen molar-refractivity contribution in [2.24, 2.45) is 0 Å². The molecule has 0 N–H and O–H groups in total. The molecule has 130 valence electrons. The highest BCUT2D eigenvalue weighted by atomic mass is 32.1. The number of unbranched alkanes of at least 4 members (excludes halogenated alkanes) is 1. The molecule has 1 amide bonds. The van der Waals surface area contributed by atoms with Gasteiger partial charge in [-0.3, -0.25) is 9.69 Å². The van der Waals surface area contributed by atoms with E-state index in [0.717, 1.165) is 25.7 Å². The van der Waals surface area contributed by atoms with Crippen LogP contribution in [-0.2, 0) is 22.4 Å². The van der Waals surface area contributed by atoms with Crippen LogP contribution in [0.15, 0.2) is 60.7 Å². The lowest BCUT2D eigenvalue weighted by Gasteiger charge is -2.21. The first-order valence-electron chi connectivity index (χ1n) is 8.80. The minimum atomic E-state index is 0.0107. The van der Waals surface area contributed by atoms with Gasteiger partial charge in [0.05, 0.1) is 6.04 Å². The molecule has 1 saturated heterocycles. The number of hydrogen-bond acceptors (Lipinski definition) is 3. The Morgan fingerprint density at radius 3 is 2.32 bits per heavy atom. The lowest BCUT2D eigenvalue weighted by Crippen LogP contribution is -2.40. The number of benzene rings is 2. The van der Waals surface area contributed by atoms with Crippen LogP contribution in [0, 0.1) is 0 Å². The highest BCUT2D eigenvalue weighted by Gasteiger charge is 2.34. The van der Waals surface area contributed by atoms with E-state index in [4.69, 9.17) is 17.0 Å². The standard InChI is InChI=1S/C21H23NO2S/c23-20(14-8-7-11-17-9-3-1-4-10-17)22-19(16-24-21(22)25)15-18-12-5-2-6-13-18/h1-6,9-10,12-13,19H,7-8,11,14-16H2/t19-/m0/s1. The van der Waals surface area contributed by atoms with Gasteiger partial charge in [-0.25, -0.2) is 0 Å². The third kappa shape index (κ3) is 4.89. The maximum Gasteiger partial charge on any atom is 0.266 e. The summed E-state index contributed by atoms with van der Waals surface area (Å²) in [5, 5.41) is 0.328. The first kappa shape index (κ1) is 17.6. The molecule has 1 atom stereocenters. The zero-order valence-electron chi connectivity index (χ0n) is 14.3. The number of thiocarbonyl (C=S) groups is 1. The van der Waals surface area contributed by atoms with Crippen molar-refractivity contribution >= 4 is 23.3 Å². The predicted octanol–water partition coefficient (Wildman–Crippen LogP) is 4.15. The van der Waals surface area contributed by atoms with Crippen LogP contribution in [0.2, 0.25) is 0 Å². The smallest absolute Gasteiger partial charge is 0.266 e. The minimum Gasteiger partial charge on any atom is -0.468 e. The summed E-state index contributed by atoms with van der Waals surface area (Å²) in [6.45, 7) is 0.490. The van der Waals surface area contributed by atoms with E-state index in [2.05, 4.69) is 36.4 Å². The van der Waals surface area contributed by atoms with Gasteiger partial charge >= 0.3 is 0 Å². The van der Waals surface area contributed by atoms with Crippen LogP contribution in [0.4, 0.5) is 0 Å². The second-order valence-corrected chi connectivity index (χ2v) is 6.73. The first-order valence-corrected chi connectivity index (χ1v) is 9.21. The average Bonchev–Trinajstić information content (AvgIpc) is 3.00. The number of rotatable bonds is 7. The molecule has 0 aliphatic carbocycles. The van der Waals surface area contributed by atoms with Crippen LogP contribution in [-0.4, -0.2) is 28.6 Å². The van der Waals surface area contributed by atoms with Gasteiger partial charge in [0.1, 0.15) is 6.61 Å². The summed E-state index contributed by atoms with van der Waals surface area (Å²) in [4.78, 5) is 14.3. The summed E-state index contributed by atoms with van der Waals surface area (Å²) in [5.41, 5.74) is 2.51. The van der Waals surface area contributed by atoms with E-state index in [9.17, 15) is 4.79 Å². The molecule has 2 aromatic rings. The molecule has 1 aliphatic heterocycles. The largest absolute Gasteiger partial charge is 0.468 e. The number of hydrogen-bond donors (Lipinski definition) is 0. The fraction of sp³-hybridized carbons (Fsp3) is 0.333. The van der Waals surface area contributed by atoms with Gasteiger partial charge in [-0.15, -0.1) is 0 Å². The number of ether oxygens (including phenoxy) is 1. The summed E-state index contributed by atoms with van der Waals surface area (Å²) in [6, 6.07) is 20.6. The third-order valence-corrected chi connectivity index (χ3v) is 4.81. The monoisotopic (exact) mass is 353 g/mol. The van der Waals surface area contributed by atoms with Crippen LogP contribution in [0.3, 0.4) is 0 Å². The average molecular weight is 353 g/mol. The molecule has 0 spiro atoms. The summed E-state index contributed by atoms with van der Waals surface area (Å²) in [7, 11) is 0. The van der Waals surface area contributed by atoms with Gasteiger partial charge in [0.15, 0.2) is 0 Å². The number of nitrogens with zero attached hydrogens (tertiary/aromatic N) is 1. The topological polar surface area (TPSA) is 29.5 Å². The molecule has 0 radical (unpaired) electrons. The summed E-state index contributed by atoms with van der Waals surface area (Å²) >= 11 is 5.25. The molecular weight excluding hydrogens is 330 g/mol. The van der Waals surface area contributed by atoms with Gasteiger partial charge in [-0.05, 0) is 49.0 Å². The third-order valence-electron chi connectivity index (χ3n) is 4.49. The van der Waals surface area contributed by atoms with Crippen molar-refractivity contribution in [3.05, 3.63) is 71.8 Å². The van der Waals surface area contributed by atoms with Crippen LogP contribution in [0.25, 0.3) is 0 Å². The van der Waals surface area contributed by atoms with E-state index in [-0.39, 0.29) is 11.9 Å². The summed E-state index contributed by atoms with van der Waals surface area (Å²) in [6.07, 6.45) is 4.16. The second-order valence-electron chi connectivity index (χ2n) is 6.38. The molecule has 1 heterocycles. The molecule has 0 saturated carbocycles. The van der Waals surface area contributed by atoms with Crippen molar-refractivity contribution in [1.29, 1.82) is 0 Å². The van der Waals surface area contributed by atoms with Gasteiger partial charge in [-0.1, -0.05) is 60.7 Å². The zero-order chi connectivity index (χ0) is 17.5. The highest BCUT2D eigenvalue weighted by Crippen LogP contribution is 2.19. The Bertz CT molecular complexity index is 702. The molecule has 1 aliphatic rings. The molecule has 1 fully saturated rings. The van der Waals surface area contributed by atoms with E-state index in [1.165, 1.54) is 11.1 Å². The quantitative estimate of drug-likeness (QED) is 0.553. The maximum absolute atomic E-state index is 12.6. The van der Waals surface area contributed by atoms with Crippen molar-refractivity contribution in [2.75, 3.05) is 6.61 Å². The van der Waals surface area contributed by atoms with Gasteiger partial charge in [0, 0.05) is 6.42 Å². The van der Waals surface area contributed by atoms with Crippen LogP contribution >= 0.6 is 12.2 Å². The van der Waals surface area contributed by atoms with E-state index >= 15 is 0 Å². The lowest BCUT2D eigenvalue weighted by molar-refractivity contribution is -0.128. The van der Waals surface area contributed by atoms with Crippen LogP contribution < -0.4 is 0 Å². The van der Waals surface area contributed by atoms with Gasteiger partial charge in [0.25, 0.3) is 5.17 Å². The Hall–Kier alpha value is -2.20. The Kier molecular flexibility index (Phi) is 6.18. The van der Waals surface area contributed by atoms with Crippen LogP contribution in [0.1, 0.15) is 30.4 Å². The van der Waals surface area contributed by atoms with E-state index < -0.39 is 0 Å². The molecule has 0 unspecified atom stereocenters. The Balaban J connectivity index is 1.49. The maximum atomic E-state index is 12.6. The number of carbonyl (C=O) groups is 1. The number of aryl methyl sites for hydroxylation is 1. The molecule has 2 aromatic carbocycles. The number of carbonyl (C=O) groups excluding carboxylic acids is 1. The molecular formula is C21H23NO2S. The van der Waals surface area contributed by atoms with Gasteiger partial charge in [-0.2, -0.15) is 0 Å². The molecule has 4 heteroatoms. The van der Waals surface area contributed by atoms with Crippen molar-refractivity contribution in [3.63, 3.8) is 0 Å². The van der Waals surface area contributed by atoms with E-state index in [0.29, 0.717) is 18.2 Å². The first-order chi connectivity index (χ1) is 12.2. The molecule has 3 nitrogen and oxygen atoms in total. The second kappa shape index (κ2) is 8.77. The zero-order valence-corrected chi connectivity index (χ0v) is 15.1. The van der Waals surface area contributed by atoms with Crippen LogP contribution in [0.5, 0.6) is 0 Å². The minimum absolute atomic E-state index is 0.0107. The molecule has 25 heavy (non-hydrogen) atoms. The SMILES string of the molecule is O=C(CCCCc1ccccc1)N1C(=S)OC[C@@H]1Cc1ccccc1.